The Bertz CT molecular complexity index is 1220. The van der Waals surface area contributed by atoms with Gasteiger partial charge in [0, 0.05) is 22.3 Å². The standard InChI is InChI=1S/C30H22O2/c1-31-29-17-13-23(14-18-29)9-11-25-5-3-7-27(21-25)28-8-4-6-26(22-28)12-10-24-15-19-30(32-2)20-16-24/h3-8,13-22H,1-2H3. The van der Waals surface area contributed by atoms with Crippen LogP contribution in [-0.4, -0.2) is 14.2 Å². The maximum Gasteiger partial charge on any atom is 0.118 e. The highest BCUT2D eigenvalue weighted by Crippen LogP contribution is 2.21. The van der Waals surface area contributed by atoms with Crippen LogP contribution in [0.15, 0.2) is 97.1 Å². The van der Waals surface area contributed by atoms with Crippen LogP contribution in [0.5, 0.6) is 11.5 Å². The fourth-order valence-corrected chi connectivity index (χ4v) is 3.19. The van der Waals surface area contributed by atoms with Crippen molar-refractivity contribution in [2.24, 2.45) is 0 Å². The monoisotopic (exact) mass is 414 g/mol. The molecule has 2 heteroatoms. The Balaban J connectivity index is 1.54. The summed E-state index contributed by atoms with van der Waals surface area (Å²) >= 11 is 0. The molecule has 0 atom stereocenters. The molecule has 0 aliphatic carbocycles. The third kappa shape index (κ3) is 5.39. The molecule has 0 radical (unpaired) electrons. The van der Waals surface area contributed by atoms with Crippen molar-refractivity contribution in [3.63, 3.8) is 0 Å². The van der Waals surface area contributed by atoms with Crippen LogP contribution in [-0.2, 0) is 0 Å². The van der Waals surface area contributed by atoms with E-state index in [9.17, 15) is 0 Å². The summed E-state index contributed by atoms with van der Waals surface area (Å²) in [5.41, 5.74) is 6.05. The van der Waals surface area contributed by atoms with E-state index in [1.165, 1.54) is 0 Å². The molecule has 32 heavy (non-hydrogen) atoms. The van der Waals surface area contributed by atoms with Gasteiger partial charge >= 0.3 is 0 Å². The molecule has 0 aliphatic rings. The maximum absolute atomic E-state index is 5.20. The lowest BCUT2D eigenvalue weighted by molar-refractivity contribution is 0.414. The Hall–Kier alpha value is -4.40. The average Bonchev–Trinajstić information content (AvgIpc) is 2.87. The minimum Gasteiger partial charge on any atom is -0.497 e. The molecular formula is C30H22O2. The smallest absolute Gasteiger partial charge is 0.118 e. The summed E-state index contributed by atoms with van der Waals surface area (Å²) < 4.78 is 10.4. The van der Waals surface area contributed by atoms with Crippen molar-refractivity contribution in [2.75, 3.05) is 14.2 Å². The topological polar surface area (TPSA) is 18.5 Å². The van der Waals surface area contributed by atoms with Crippen molar-refractivity contribution in [1.82, 2.24) is 0 Å². The molecule has 0 aliphatic heterocycles. The summed E-state index contributed by atoms with van der Waals surface area (Å²) in [4.78, 5) is 0. The van der Waals surface area contributed by atoms with Crippen molar-refractivity contribution >= 4 is 0 Å². The first-order chi connectivity index (χ1) is 15.7. The number of rotatable bonds is 3. The predicted molar refractivity (Wildman–Crippen MR) is 130 cm³/mol. The summed E-state index contributed by atoms with van der Waals surface area (Å²) in [5.74, 6) is 14.6. The normalized spacial score (nSPS) is 9.69. The third-order valence-electron chi connectivity index (χ3n) is 4.94. The van der Waals surface area contributed by atoms with Gasteiger partial charge in [-0.3, -0.25) is 0 Å². The van der Waals surface area contributed by atoms with Crippen LogP contribution in [0.1, 0.15) is 22.3 Å². The van der Waals surface area contributed by atoms with E-state index < -0.39 is 0 Å². The van der Waals surface area contributed by atoms with E-state index in [2.05, 4.69) is 47.9 Å². The van der Waals surface area contributed by atoms with Gasteiger partial charge in [-0.05, 0) is 83.9 Å². The van der Waals surface area contributed by atoms with E-state index >= 15 is 0 Å². The molecule has 4 rings (SSSR count). The molecule has 154 valence electrons. The van der Waals surface area contributed by atoms with Crippen molar-refractivity contribution < 1.29 is 9.47 Å². The quantitative estimate of drug-likeness (QED) is 0.373. The van der Waals surface area contributed by atoms with E-state index in [0.717, 1.165) is 44.9 Å². The van der Waals surface area contributed by atoms with Crippen LogP contribution < -0.4 is 9.47 Å². The van der Waals surface area contributed by atoms with Gasteiger partial charge in [-0.25, -0.2) is 0 Å². The number of hydrogen-bond donors (Lipinski definition) is 0. The summed E-state index contributed by atoms with van der Waals surface area (Å²) in [6.45, 7) is 0. The van der Waals surface area contributed by atoms with Crippen LogP contribution in [0.3, 0.4) is 0 Å². The first-order valence-electron chi connectivity index (χ1n) is 10.3. The number of methoxy groups -OCH3 is 2. The molecule has 0 amide bonds. The van der Waals surface area contributed by atoms with Crippen LogP contribution in [0.25, 0.3) is 11.1 Å². The van der Waals surface area contributed by atoms with Gasteiger partial charge in [-0.15, -0.1) is 0 Å². The molecular weight excluding hydrogens is 392 g/mol. The Morgan fingerprint density at radius 1 is 0.438 bits per heavy atom. The lowest BCUT2D eigenvalue weighted by Crippen LogP contribution is -1.84. The van der Waals surface area contributed by atoms with Gasteiger partial charge in [0.05, 0.1) is 14.2 Å². The SMILES string of the molecule is COc1ccc(C#Cc2cccc(-c3cccc(C#Cc4ccc(OC)cc4)c3)c2)cc1. The van der Waals surface area contributed by atoms with Crippen molar-refractivity contribution in [1.29, 1.82) is 0 Å². The minimum absolute atomic E-state index is 0.826. The summed E-state index contributed by atoms with van der Waals surface area (Å²) in [5, 5.41) is 0. The minimum atomic E-state index is 0.826. The third-order valence-corrected chi connectivity index (χ3v) is 4.94. The summed E-state index contributed by atoms with van der Waals surface area (Å²) in [6.07, 6.45) is 0. The van der Waals surface area contributed by atoms with Gasteiger partial charge < -0.3 is 9.47 Å². The first-order valence-corrected chi connectivity index (χ1v) is 10.3. The van der Waals surface area contributed by atoms with E-state index in [0.29, 0.717) is 0 Å². The predicted octanol–water partition coefficient (Wildman–Crippen LogP) is 6.17. The van der Waals surface area contributed by atoms with E-state index in [4.69, 9.17) is 9.47 Å². The molecule has 0 spiro atoms. The Labute approximate surface area is 189 Å². The Morgan fingerprint density at radius 2 is 0.812 bits per heavy atom. The highest BCUT2D eigenvalue weighted by atomic mass is 16.5. The van der Waals surface area contributed by atoms with Gasteiger partial charge in [0.15, 0.2) is 0 Å². The fraction of sp³-hybridized carbons (Fsp3) is 0.0667. The van der Waals surface area contributed by atoms with Gasteiger partial charge in [0.25, 0.3) is 0 Å². The van der Waals surface area contributed by atoms with E-state index in [1.54, 1.807) is 14.2 Å². The molecule has 0 N–H and O–H groups in total. The van der Waals surface area contributed by atoms with Crippen molar-refractivity contribution in [3.8, 4) is 46.3 Å². The zero-order valence-corrected chi connectivity index (χ0v) is 18.1. The van der Waals surface area contributed by atoms with Crippen LogP contribution in [0, 0.1) is 23.7 Å². The fourth-order valence-electron chi connectivity index (χ4n) is 3.19. The molecule has 0 bridgehead atoms. The van der Waals surface area contributed by atoms with Crippen LogP contribution in [0.4, 0.5) is 0 Å². The highest BCUT2D eigenvalue weighted by Gasteiger charge is 2.00. The second-order valence-corrected chi connectivity index (χ2v) is 7.12. The number of ether oxygens (including phenoxy) is 2. The molecule has 0 aromatic heterocycles. The highest BCUT2D eigenvalue weighted by molar-refractivity contribution is 5.67. The van der Waals surface area contributed by atoms with Crippen molar-refractivity contribution in [2.45, 2.75) is 0 Å². The summed E-state index contributed by atoms with van der Waals surface area (Å²) in [7, 11) is 3.32. The van der Waals surface area contributed by atoms with Gasteiger partial charge in [0.2, 0.25) is 0 Å². The second kappa shape index (κ2) is 10.1. The molecule has 0 fully saturated rings. The van der Waals surface area contributed by atoms with Crippen LogP contribution >= 0.6 is 0 Å². The largest absolute Gasteiger partial charge is 0.497 e. The zero-order chi connectivity index (χ0) is 22.2. The van der Waals surface area contributed by atoms with Crippen molar-refractivity contribution in [3.05, 3.63) is 119 Å². The van der Waals surface area contributed by atoms with Gasteiger partial charge in [0.1, 0.15) is 11.5 Å². The van der Waals surface area contributed by atoms with Gasteiger partial charge in [-0.1, -0.05) is 47.9 Å². The molecule has 4 aromatic rings. The van der Waals surface area contributed by atoms with Crippen LogP contribution in [0.2, 0.25) is 0 Å². The number of hydrogen-bond acceptors (Lipinski definition) is 2. The lowest BCUT2D eigenvalue weighted by atomic mass is 10.0. The van der Waals surface area contributed by atoms with E-state index in [-0.39, 0.29) is 0 Å². The first kappa shape index (κ1) is 20.9. The Kier molecular flexibility index (Phi) is 6.57. The average molecular weight is 415 g/mol. The lowest BCUT2D eigenvalue weighted by Gasteiger charge is -2.03. The van der Waals surface area contributed by atoms with Gasteiger partial charge in [-0.2, -0.15) is 0 Å². The molecule has 2 nitrogen and oxygen atoms in total. The Morgan fingerprint density at radius 3 is 1.19 bits per heavy atom. The molecule has 0 unspecified atom stereocenters. The maximum atomic E-state index is 5.20. The molecule has 0 saturated carbocycles. The molecule has 0 heterocycles. The molecule has 0 saturated heterocycles. The number of benzene rings is 4. The zero-order valence-electron chi connectivity index (χ0n) is 18.1. The molecule has 4 aromatic carbocycles. The summed E-state index contributed by atoms with van der Waals surface area (Å²) in [6, 6.07) is 32.0. The van der Waals surface area contributed by atoms with E-state index in [1.807, 2.05) is 72.8 Å². The second-order valence-electron chi connectivity index (χ2n) is 7.12.